The second-order valence-electron chi connectivity index (χ2n) is 13.1. The number of unbranched alkanes of at least 4 members (excludes halogenated alkanes) is 14. The lowest BCUT2D eigenvalue weighted by Crippen LogP contribution is -2.18. The minimum atomic E-state index is -0.711. The van der Waals surface area contributed by atoms with E-state index in [4.69, 9.17) is 9.84 Å². The van der Waals surface area contributed by atoms with E-state index in [1.807, 2.05) is 0 Å². The summed E-state index contributed by atoms with van der Waals surface area (Å²) in [6.45, 7) is 4.40. The van der Waals surface area contributed by atoms with E-state index in [2.05, 4.69) is 86.8 Å². The van der Waals surface area contributed by atoms with Gasteiger partial charge in [0.2, 0.25) is 0 Å². The molecule has 0 aliphatic rings. The molecule has 0 rings (SSSR count). The Labute approximate surface area is 297 Å². The van der Waals surface area contributed by atoms with E-state index in [9.17, 15) is 9.59 Å². The number of allylic oxidation sites excluding steroid dienone is 12. The topological polar surface area (TPSA) is 63.6 Å². The van der Waals surface area contributed by atoms with Crippen LogP contribution in [0.5, 0.6) is 0 Å². The molecule has 0 fully saturated rings. The molecular weight excluding hydrogens is 592 g/mol. The van der Waals surface area contributed by atoms with Gasteiger partial charge >= 0.3 is 11.9 Å². The number of ether oxygens (including phenoxy) is 1. The summed E-state index contributed by atoms with van der Waals surface area (Å²) in [5.74, 6) is -0.749. The highest BCUT2D eigenvalue weighted by Gasteiger charge is 2.14. The number of hydrogen-bond acceptors (Lipinski definition) is 3. The van der Waals surface area contributed by atoms with Crippen LogP contribution < -0.4 is 0 Å². The van der Waals surface area contributed by atoms with Gasteiger partial charge in [0.15, 0.2) is 0 Å². The average molecular weight is 667 g/mol. The zero-order valence-electron chi connectivity index (χ0n) is 31.3. The highest BCUT2D eigenvalue weighted by Crippen LogP contribution is 2.17. The van der Waals surface area contributed by atoms with Crippen molar-refractivity contribution in [2.24, 2.45) is 0 Å². The SMILES string of the molecule is CC/C=C\C/C=C\C/C=C\C/C=C\CCCCCCCCC(=O)OC(CCC/C=C\C/C=C\CCCCC)CCCCCCCC(=O)O. The standard InChI is InChI=1S/C44H74O4/c1-3-5-7-9-11-13-15-16-17-18-19-20-21-22-24-26-28-33-37-41-44(47)48-42(39-35-31-29-32-36-40-43(45)46)38-34-30-27-25-23-14-12-10-8-6-4-2/h5,7,11-14,16-17,19-20,25,27,42H,3-4,6,8-10,15,18,21-24,26,28-41H2,1-2H3,(H,45,46)/b7-5-,13-11-,14-12-,17-16-,20-19-,27-25-. The molecule has 274 valence electrons. The van der Waals surface area contributed by atoms with Crippen molar-refractivity contribution in [3.63, 3.8) is 0 Å². The maximum absolute atomic E-state index is 12.7. The van der Waals surface area contributed by atoms with Gasteiger partial charge in [-0.1, -0.05) is 145 Å². The molecule has 1 N–H and O–H groups in total. The number of esters is 1. The molecule has 0 aromatic carbocycles. The molecule has 0 saturated heterocycles. The van der Waals surface area contributed by atoms with Gasteiger partial charge in [0.1, 0.15) is 6.10 Å². The summed E-state index contributed by atoms with van der Waals surface area (Å²) in [5, 5.41) is 8.81. The van der Waals surface area contributed by atoms with Crippen molar-refractivity contribution >= 4 is 11.9 Å². The first kappa shape index (κ1) is 45.4. The molecule has 1 atom stereocenters. The van der Waals surface area contributed by atoms with Crippen molar-refractivity contribution in [2.75, 3.05) is 0 Å². The Kier molecular flexibility index (Phi) is 36.7. The zero-order valence-corrected chi connectivity index (χ0v) is 31.3. The van der Waals surface area contributed by atoms with E-state index in [1.165, 1.54) is 51.4 Å². The Morgan fingerprint density at radius 3 is 1.44 bits per heavy atom. The van der Waals surface area contributed by atoms with Crippen LogP contribution in [0.15, 0.2) is 72.9 Å². The Morgan fingerprint density at radius 2 is 0.896 bits per heavy atom. The summed E-state index contributed by atoms with van der Waals surface area (Å²) < 4.78 is 5.97. The van der Waals surface area contributed by atoms with E-state index in [-0.39, 0.29) is 18.5 Å². The number of carbonyl (C=O) groups is 2. The Balaban J connectivity index is 4.10. The molecule has 0 bridgehead atoms. The van der Waals surface area contributed by atoms with Crippen LogP contribution in [0.2, 0.25) is 0 Å². The Bertz CT molecular complexity index is 892. The first-order chi connectivity index (χ1) is 23.6. The summed E-state index contributed by atoms with van der Waals surface area (Å²) in [4.78, 5) is 23.4. The lowest BCUT2D eigenvalue weighted by atomic mass is 10.0. The lowest BCUT2D eigenvalue weighted by Gasteiger charge is -2.18. The van der Waals surface area contributed by atoms with Crippen molar-refractivity contribution in [2.45, 2.75) is 193 Å². The lowest BCUT2D eigenvalue weighted by molar-refractivity contribution is -0.150. The second kappa shape index (κ2) is 38.8. The van der Waals surface area contributed by atoms with Gasteiger partial charge in [0, 0.05) is 12.8 Å². The van der Waals surface area contributed by atoms with E-state index in [1.54, 1.807) is 0 Å². The maximum atomic E-state index is 12.7. The van der Waals surface area contributed by atoms with Gasteiger partial charge in [-0.05, 0) is 103 Å². The number of hydrogen-bond donors (Lipinski definition) is 1. The van der Waals surface area contributed by atoms with Crippen LogP contribution in [-0.2, 0) is 14.3 Å². The highest BCUT2D eigenvalue weighted by atomic mass is 16.5. The van der Waals surface area contributed by atoms with Crippen LogP contribution in [0, 0.1) is 0 Å². The summed E-state index contributed by atoms with van der Waals surface area (Å²) in [6, 6.07) is 0. The van der Waals surface area contributed by atoms with E-state index in [0.717, 1.165) is 109 Å². The molecule has 0 aliphatic carbocycles. The van der Waals surface area contributed by atoms with E-state index < -0.39 is 5.97 Å². The Hall–Kier alpha value is -2.62. The third-order valence-electron chi connectivity index (χ3n) is 8.41. The number of carboxylic acids is 1. The van der Waals surface area contributed by atoms with Crippen LogP contribution in [0.4, 0.5) is 0 Å². The monoisotopic (exact) mass is 667 g/mol. The van der Waals surface area contributed by atoms with E-state index in [0.29, 0.717) is 6.42 Å². The molecule has 0 radical (unpaired) electrons. The molecule has 0 spiro atoms. The molecule has 0 aromatic rings. The van der Waals surface area contributed by atoms with Gasteiger partial charge in [-0.25, -0.2) is 0 Å². The van der Waals surface area contributed by atoms with Crippen LogP contribution in [0.3, 0.4) is 0 Å². The van der Waals surface area contributed by atoms with Gasteiger partial charge in [-0.2, -0.15) is 0 Å². The number of carboxylic acid groups (broad SMARTS) is 1. The van der Waals surface area contributed by atoms with Crippen molar-refractivity contribution < 1.29 is 19.4 Å². The first-order valence-electron chi connectivity index (χ1n) is 19.9. The predicted octanol–water partition coefficient (Wildman–Crippen LogP) is 13.9. The summed E-state index contributed by atoms with van der Waals surface area (Å²) in [6.07, 6.45) is 54.9. The fraction of sp³-hybridized carbons (Fsp3) is 0.682. The van der Waals surface area contributed by atoms with Crippen molar-refractivity contribution in [3.8, 4) is 0 Å². The highest BCUT2D eigenvalue weighted by molar-refractivity contribution is 5.69. The largest absolute Gasteiger partial charge is 0.481 e. The molecule has 48 heavy (non-hydrogen) atoms. The predicted molar refractivity (Wildman–Crippen MR) is 208 cm³/mol. The third kappa shape index (κ3) is 37.8. The summed E-state index contributed by atoms with van der Waals surface area (Å²) in [7, 11) is 0. The molecular formula is C44H74O4. The molecule has 0 aliphatic heterocycles. The zero-order chi connectivity index (χ0) is 35.0. The molecule has 4 nitrogen and oxygen atoms in total. The van der Waals surface area contributed by atoms with Crippen LogP contribution in [0.1, 0.15) is 187 Å². The van der Waals surface area contributed by atoms with Crippen LogP contribution >= 0.6 is 0 Å². The summed E-state index contributed by atoms with van der Waals surface area (Å²) in [5.41, 5.74) is 0. The van der Waals surface area contributed by atoms with E-state index >= 15 is 0 Å². The second-order valence-corrected chi connectivity index (χ2v) is 13.1. The fourth-order valence-electron chi connectivity index (χ4n) is 5.50. The number of carbonyl (C=O) groups excluding carboxylic acids is 1. The van der Waals surface area contributed by atoms with Gasteiger partial charge in [-0.3, -0.25) is 9.59 Å². The minimum absolute atomic E-state index is 0.00161. The molecule has 0 heterocycles. The third-order valence-corrected chi connectivity index (χ3v) is 8.41. The van der Waals surface area contributed by atoms with Crippen LogP contribution in [-0.4, -0.2) is 23.1 Å². The summed E-state index contributed by atoms with van der Waals surface area (Å²) >= 11 is 0. The first-order valence-corrected chi connectivity index (χ1v) is 19.9. The van der Waals surface area contributed by atoms with Gasteiger partial charge in [-0.15, -0.1) is 0 Å². The van der Waals surface area contributed by atoms with Gasteiger partial charge < -0.3 is 9.84 Å². The van der Waals surface area contributed by atoms with Crippen LogP contribution in [0.25, 0.3) is 0 Å². The molecule has 0 amide bonds. The normalized spacial score (nSPS) is 13.0. The minimum Gasteiger partial charge on any atom is -0.481 e. The average Bonchev–Trinajstić information content (AvgIpc) is 3.07. The number of rotatable bonds is 35. The van der Waals surface area contributed by atoms with Gasteiger partial charge in [0.25, 0.3) is 0 Å². The van der Waals surface area contributed by atoms with Gasteiger partial charge in [0.05, 0.1) is 0 Å². The van der Waals surface area contributed by atoms with Crippen molar-refractivity contribution in [1.29, 1.82) is 0 Å². The molecule has 0 aromatic heterocycles. The quantitative estimate of drug-likeness (QED) is 0.0415. The molecule has 1 unspecified atom stereocenters. The molecule has 4 heteroatoms. The van der Waals surface area contributed by atoms with Crippen molar-refractivity contribution in [1.82, 2.24) is 0 Å². The number of aliphatic carboxylic acids is 1. The molecule has 0 saturated carbocycles. The van der Waals surface area contributed by atoms with Crippen molar-refractivity contribution in [3.05, 3.63) is 72.9 Å². The maximum Gasteiger partial charge on any atom is 0.306 e. The fourth-order valence-corrected chi connectivity index (χ4v) is 5.50. The Morgan fingerprint density at radius 1 is 0.479 bits per heavy atom. The smallest absolute Gasteiger partial charge is 0.306 e.